The maximum atomic E-state index is 11.3. The summed E-state index contributed by atoms with van der Waals surface area (Å²) in [6.45, 7) is 4.26. The number of benzene rings is 1. The lowest BCUT2D eigenvalue weighted by Gasteiger charge is -2.40. The molecule has 0 radical (unpaired) electrons. The number of hydrogen-bond donors (Lipinski definition) is 2. The number of halogens is 1. The minimum atomic E-state index is -1.22. The van der Waals surface area contributed by atoms with E-state index in [9.17, 15) is 9.90 Å². The molecule has 1 aliphatic carbocycles. The van der Waals surface area contributed by atoms with Crippen LogP contribution in [-0.4, -0.2) is 11.1 Å². The van der Waals surface area contributed by atoms with Crippen molar-refractivity contribution in [3.8, 4) is 0 Å². The molecule has 3 nitrogen and oxygen atoms in total. The Labute approximate surface area is 107 Å². The van der Waals surface area contributed by atoms with Crippen LogP contribution in [0.2, 0.25) is 0 Å². The van der Waals surface area contributed by atoms with E-state index >= 15 is 0 Å². The highest BCUT2D eigenvalue weighted by Crippen LogP contribution is 2.43. The summed E-state index contributed by atoms with van der Waals surface area (Å²) >= 11 is 0. The monoisotopic (exact) mass is 255 g/mol. The van der Waals surface area contributed by atoms with E-state index in [1.165, 1.54) is 0 Å². The van der Waals surface area contributed by atoms with Gasteiger partial charge < -0.3 is 10.8 Å². The molecule has 0 bridgehead atoms. The number of carboxylic acids is 1. The minimum absolute atomic E-state index is 0. The van der Waals surface area contributed by atoms with Crippen LogP contribution in [0.1, 0.15) is 37.8 Å². The standard InChI is InChI=1S/C13H17NO2.ClH/c1-12(2)7-8-13(14,11(15)16)10-6-4-3-5-9(10)12;/h3-6H,7-8,14H2,1-2H3,(H,15,16);1H. The molecule has 1 aliphatic rings. The summed E-state index contributed by atoms with van der Waals surface area (Å²) in [6, 6.07) is 7.61. The molecule has 0 aliphatic heterocycles. The summed E-state index contributed by atoms with van der Waals surface area (Å²) in [4.78, 5) is 11.3. The predicted molar refractivity (Wildman–Crippen MR) is 69.5 cm³/mol. The van der Waals surface area contributed by atoms with Gasteiger partial charge in [0.2, 0.25) is 0 Å². The van der Waals surface area contributed by atoms with E-state index in [-0.39, 0.29) is 17.8 Å². The Morgan fingerprint density at radius 2 is 1.76 bits per heavy atom. The maximum Gasteiger partial charge on any atom is 0.328 e. The van der Waals surface area contributed by atoms with E-state index in [1.807, 2.05) is 24.3 Å². The second-order valence-electron chi connectivity index (χ2n) is 5.21. The van der Waals surface area contributed by atoms with Crippen molar-refractivity contribution in [1.29, 1.82) is 0 Å². The summed E-state index contributed by atoms with van der Waals surface area (Å²) < 4.78 is 0. The van der Waals surface area contributed by atoms with Crippen LogP contribution < -0.4 is 5.73 Å². The largest absolute Gasteiger partial charge is 0.480 e. The molecule has 0 saturated carbocycles. The highest BCUT2D eigenvalue weighted by molar-refractivity contribution is 5.85. The van der Waals surface area contributed by atoms with Crippen molar-refractivity contribution in [2.24, 2.45) is 5.73 Å². The molecular weight excluding hydrogens is 238 g/mol. The third-order valence-corrected chi connectivity index (χ3v) is 3.66. The van der Waals surface area contributed by atoms with Crippen LogP contribution >= 0.6 is 12.4 Å². The molecule has 0 saturated heterocycles. The van der Waals surface area contributed by atoms with Crippen LogP contribution in [0.3, 0.4) is 0 Å². The molecule has 94 valence electrons. The van der Waals surface area contributed by atoms with Crippen molar-refractivity contribution in [3.63, 3.8) is 0 Å². The molecule has 0 heterocycles. The third kappa shape index (κ3) is 2.05. The van der Waals surface area contributed by atoms with E-state index in [0.29, 0.717) is 6.42 Å². The van der Waals surface area contributed by atoms with Crippen molar-refractivity contribution >= 4 is 18.4 Å². The van der Waals surface area contributed by atoms with Gasteiger partial charge in [0.05, 0.1) is 0 Å². The van der Waals surface area contributed by atoms with Crippen molar-refractivity contribution in [3.05, 3.63) is 35.4 Å². The molecule has 17 heavy (non-hydrogen) atoms. The first-order chi connectivity index (χ1) is 7.38. The smallest absolute Gasteiger partial charge is 0.328 e. The summed E-state index contributed by atoms with van der Waals surface area (Å²) in [6.07, 6.45) is 1.29. The van der Waals surface area contributed by atoms with Gasteiger partial charge in [0.15, 0.2) is 0 Å². The Bertz CT molecular complexity index is 445. The summed E-state index contributed by atoms with van der Waals surface area (Å²) in [5, 5.41) is 9.29. The zero-order chi connectivity index (χ0) is 12.0. The van der Waals surface area contributed by atoms with Crippen molar-refractivity contribution in [1.82, 2.24) is 0 Å². The van der Waals surface area contributed by atoms with Gasteiger partial charge in [-0.1, -0.05) is 38.1 Å². The number of fused-ring (bicyclic) bond motifs is 1. The highest BCUT2D eigenvalue weighted by atomic mass is 35.5. The van der Waals surface area contributed by atoms with Gasteiger partial charge in [-0.25, -0.2) is 4.79 Å². The first-order valence-electron chi connectivity index (χ1n) is 5.50. The molecule has 1 aromatic rings. The lowest BCUT2D eigenvalue weighted by atomic mass is 9.66. The zero-order valence-corrected chi connectivity index (χ0v) is 10.9. The molecule has 1 aromatic carbocycles. The van der Waals surface area contributed by atoms with Crippen molar-refractivity contribution in [2.45, 2.75) is 37.6 Å². The fourth-order valence-corrected chi connectivity index (χ4v) is 2.46. The van der Waals surface area contributed by atoms with Gasteiger partial charge >= 0.3 is 5.97 Å². The Hall–Kier alpha value is -1.06. The summed E-state index contributed by atoms with van der Waals surface area (Å²) in [5.74, 6) is -0.935. The summed E-state index contributed by atoms with van der Waals surface area (Å²) in [5.41, 5.74) is 6.65. The molecule has 2 rings (SSSR count). The SMILES string of the molecule is CC1(C)CCC(N)(C(=O)O)c2ccccc21.Cl. The molecule has 0 spiro atoms. The first-order valence-corrected chi connectivity index (χ1v) is 5.50. The molecule has 0 fully saturated rings. The molecule has 0 amide bonds. The molecule has 0 aromatic heterocycles. The van der Waals surface area contributed by atoms with Gasteiger partial charge in [-0.3, -0.25) is 0 Å². The van der Waals surface area contributed by atoms with Gasteiger partial charge in [-0.2, -0.15) is 0 Å². The van der Waals surface area contributed by atoms with E-state index in [2.05, 4.69) is 13.8 Å². The fraction of sp³-hybridized carbons (Fsp3) is 0.462. The Morgan fingerprint density at radius 1 is 1.24 bits per heavy atom. The third-order valence-electron chi connectivity index (χ3n) is 3.66. The summed E-state index contributed by atoms with van der Waals surface area (Å²) in [7, 11) is 0. The quantitative estimate of drug-likeness (QED) is 0.810. The van der Waals surface area contributed by atoms with Crippen molar-refractivity contribution < 1.29 is 9.90 Å². The van der Waals surface area contributed by atoms with Crippen LogP contribution in [-0.2, 0) is 15.7 Å². The van der Waals surface area contributed by atoms with Gasteiger partial charge in [0.25, 0.3) is 0 Å². The van der Waals surface area contributed by atoms with E-state index < -0.39 is 11.5 Å². The first kappa shape index (κ1) is 14.0. The Morgan fingerprint density at radius 3 is 2.29 bits per heavy atom. The van der Waals surface area contributed by atoms with Crippen LogP contribution in [0.15, 0.2) is 24.3 Å². The Kier molecular flexibility index (Phi) is 3.55. The number of rotatable bonds is 1. The second kappa shape index (κ2) is 4.31. The zero-order valence-electron chi connectivity index (χ0n) is 10.1. The van der Waals surface area contributed by atoms with E-state index in [4.69, 9.17) is 5.73 Å². The highest BCUT2D eigenvalue weighted by Gasteiger charge is 2.45. The topological polar surface area (TPSA) is 63.3 Å². The van der Waals surface area contributed by atoms with Gasteiger partial charge in [0, 0.05) is 0 Å². The number of carboxylic acid groups (broad SMARTS) is 1. The average molecular weight is 256 g/mol. The lowest BCUT2D eigenvalue weighted by Crippen LogP contribution is -2.50. The fourth-order valence-electron chi connectivity index (χ4n) is 2.46. The molecule has 3 N–H and O–H groups in total. The van der Waals surface area contributed by atoms with Crippen LogP contribution in [0.5, 0.6) is 0 Å². The van der Waals surface area contributed by atoms with Crippen LogP contribution in [0.4, 0.5) is 0 Å². The number of carbonyl (C=O) groups is 1. The van der Waals surface area contributed by atoms with E-state index in [0.717, 1.165) is 17.5 Å². The van der Waals surface area contributed by atoms with Gasteiger partial charge in [-0.05, 0) is 29.4 Å². The lowest BCUT2D eigenvalue weighted by molar-refractivity contribution is -0.144. The van der Waals surface area contributed by atoms with Gasteiger partial charge in [-0.15, -0.1) is 12.4 Å². The maximum absolute atomic E-state index is 11.3. The minimum Gasteiger partial charge on any atom is -0.480 e. The molecule has 1 atom stereocenters. The van der Waals surface area contributed by atoms with Gasteiger partial charge in [0.1, 0.15) is 5.54 Å². The normalized spacial score (nSPS) is 25.6. The average Bonchev–Trinajstić information content (AvgIpc) is 2.24. The molecular formula is C13H18ClNO2. The Balaban J connectivity index is 0.00000144. The van der Waals surface area contributed by atoms with Crippen LogP contribution in [0.25, 0.3) is 0 Å². The van der Waals surface area contributed by atoms with Crippen LogP contribution in [0, 0.1) is 0 Å². The molecule has 4 heteroatoms. The molecule has 1 unspecified atom stereocenters. The van der Waals surface area contributed by atoms with E-state index in [1.54, 1.807) is 0 Å². The van der Waals surface area contributed by atoms with Crippen molar-refractivity contribution in [2.75, 3.05) is 0 Å². The number of aliphatic carboxylic acids is 1. The number of nitrogens with two attached hydrogens (primary N) is 1. The second-order valence-corrected chi connectivity index (χ2v) is 5.21. The predicted octanol–water partition coefficient (Wildman–Crippen LogP) is 2.42. The number of hydrogen-bond acceptors (Lipinski definition) is 2.